The number of hydrogen-bond donors (Lipinski definition) is 2. The van der Waals surface area contributed by atoms with Crippen molar-refractivity contribution in [1.29, 1.82) is 0 Å². The van der Waals surface area contributed by atoms with Crippen molar-refractivity contribution in [3.05, 3.63) is 0 Å². The highest BCUT2D eigenvalue weighted by Crippen LogP contribution is 2.35. The second-order valence-electron chi connectivity index (χ2n) is 2.40. The summed E-state index contributed by atoms with van der Waals surface area (Å²) in [6, 6.07) is 0. The van der Waals surface area contributed by atoms with Crippen molar-refractivity contribution in [2.75, 3.05) is 6.16 Å². The van der Waals surface area contributed by atoms with Crippen LogP contribution in [0.15, 0.2) is 0 Å². The Morgan fingerprint density at radius 2 is 1.82 bits per heavy atom. The van der Waals surface area contributed by atoms with Gasteiger partial charge < -0.3 is 14.6 Å². The van der Waals surface area contributed by atoms with Crippen molar-refractivity contribution < 1.29 is 19.1 Å². The van der Waals surface area contributed by atoms with Crippen LogP contribution < -0.4 is 0 Å². The Labute approximate surface area is 65.8 Å². The molecule has 0 atom stereocenters. The minimum atomic E-state index is -3.80. The quantitative estimate of drug-likeness (QED) is 0.362. The lowest BCUT2D eigenvalue weighted by Gasteiger charge is -2.01. The summed E-state index contributed by atoms with van der Waals surface area (Å²) in [4.78, 5) is 26.6. The molecule has 0 aromatic heterocycles. The highest BCUT2D eigenvalue weighted by atomic mass is 31.2. The zero-order chi connectivity index (χ0) is 8.74. The third-order valence-corrected chi connectivity index (χ3v) is 2.17. The molecule has 11 heavy (non-hydrogen) atoms. The maximum absolute atomic E-state index is 10.3. The van der Waals surface area contributed by atoms with E-state index in [4.69, 9.17) is 9.79 Å². The van der Waals surface area contributed by atoms with E-state index >= 15 is 0 Å². The molecule has 0 radical (unpaired) electrons. The Hall–Kier alpha value is -0.180. The first kappa shape index (κ1) is 10.8. The van der Waals surface area contributed by atoms with Crippen LogP contribution in [0.4, 0.5) is 0 Å². The maximum atomic E-state index is 10.3. The average Bonchev–Trinajstić information content (AvgIpc) is 1.85. The summed E-state index contributed by atoms with van der Waals surface area (Å²) in [5, 5.41) is 0. The monoisotopic (exact) mass is 180 g/mol. The molecule has 4 nitrogen and oxygen atoms in total. The van der Waals surface area contributed by atoms with Gasteiger partial charge >= 0.3 is 7.60 Å². The van der Waals surface area contributed by atoms with Crippen LogP contribution in [0.25, 0.3) is 0 Å². The Bertz CT molecular complexity index is 151. The molecule has 5 heteroatoms. The number of carbonyl (C=O) groups excluding carboxylic acids is 1. The molecule has 0 saturated heterocycles. The van der Waals surface area contributed by atoms with Crippen LogP contribution in [0, 0.1) is 0 Å². The van der Waals surface area contributed by atoms with Gasteiger partial charge in [-0.2, -0.15) is 0 Å². The summed E-state index contributed by atoms with van der Waals surface area (Å²) in [5.74, 6) is 0. The van der Waals surface area contributed by atoms with Crippen molar-refractivity contribution in [2.24, 2.45) is 0 Å². The van der Waals surface area contributed by atoms with Gasteiger partial charge in [0.25, 0.3) is 0 Å². The first-order chi connectivity index (χ1) is 5.06. The van der Waals surface area contributed by atoms with Crippen LogP contribution in [0.3, 0.4) is 0 Å². The van der Waals surface area contributed by atoms with Crippen molar-refractivity contribution in [3.63, 3.8) is 0 Å². The molecule has 0 aromatic carbocycles. The number of rotatable bonds is 6. The van der Waals surface area contributed by atoms with E-state index in [1.807, 2.05) is 0 Å². The molecule has 66 valence electrons. The van der Waals surface area contributed by atoms with E-state index in [9.17, 15) is 9.36 Å². The molecule has 0 aliphatic rings. The molecular formula is C6H13O4P. The van der Waals surface area contributed by atoms with Crippen LogP contribution in [0.1, 0.15) is 25.7 Å². The molecule has 0 saturated carbocycles. The molecule has 0 spiro atoms. The van der Waals surface area contributed by atoms with Crippen molar-refractivity contribution in [2.45, 2.75) is 25.7 Å². The molecule has 0 amide bonds. The molecular weight excluding hydrogens is 167 g/mol. The topological polar surface area (TPSA) is 74.6 Å². The van der Waals surface area contributed by atoms with E-state index in [1.165, 1.54) is 0 Å². The first-order valence-corrected chi connectivity index (χ1v) is 5.34. The fourth-order valence-electron chi connectivity index (χ4n) is 0.722. The Kier molecular flexibility index (Phi) is 5.38. The van der Waals surface area contributed by atoms with Gasteiger partial charge in [-0.3, -0.25) is 4.57 Å². The van der Waals surface area contributed by atoms with Crippen molar-refractivity contribution in [3.8, 4) is 0 Å². The fourth-order valence-corrected chi connectivity index (χ4v) is 1.36. The van der Waals surface area contributed by atoms with E-state index in [2.05, 4.69) is 0 Å². The summed E-state index contributed by atoms with van der Waals surface area (Å²) in [5.41, 5.74) is 0. The van der Waals surface area contributed by atoms with Crippen LogP contribution in [0.5, 0.6) is 0 Å². The van der Waals surface area contributed by atoms with Crippen molar-refractivity contribution >= 4 is 13.9 Å². The number of hydrogen-bond acceptors (Lipinski definition) is 2. The van der Waals surface area contributed by atoms with Gasteiger partial charge in [0.1, 0.15) is 6.29 Å². The van der Waals surface area contributed by atoms with Gasteiger partial charge in [0, 0.05) is 12.6 Å². The lowest BCUT2D eigenvalue weighted by atomic mass is 10.2. The van der Waals surface area contributed by atoms with E-state index in [-0.39, 0.29) is 6.16 Å². The van der Waals surface area contributed by atoms with E-state index < -0.39 is 7.60 Å². The molecule has 0 aromatic rings. The predicted octanol–water partition coefficient (Wildman–Crippen LogP) is 0.923. The fraction of sp³-hybridized carbons (Fsp3) is 0.833. The second-order valence-corrected chi connectivity index (χ2v) is 4.18. The van der Waals surface area contributed by atoms with Gasteiger partial charge in [-0.15, -0.1) is 0 Å². The second kappa shape index (κ2) is 5.47. The summed E-state index contributed by atoms with van der Waals surface area (Å²) >= 11 is 0. The molecule has 0 unspecified atom stereocenters. The Balaban J connectivity index is 3.15. The number of unbranched alkanes of at least 4 members (excludes halogenated alkanes) is 3. The Morgan fingerprint density at radius 3 is 2.27 bits per heavy atom. The van der Waals surface area contributed by atoms with E-state index in [0.29, 0.717) is 19.3 Å². The molecule has 0 heterocycles. The molecule has 2 N–H and O–H groups in total. The molecule has 0 bridgehead atoms. The summed E-state index contributed by atoms with van der Waals surface area (Å²) in [7, 11) is -3.80. The molecule has 0 aliphatic heterocycles. The van der Waals surface area contributed by atoms with E-state index in [0.717, 1.165) is 12.7 Å². The third-order valence-electron chi connectivity index (χ3n) is 1.27. The molecule has 0 fully saturated rings. The van der Waals surface area contributed by atoms with Crippen LogP contribution >= 0.6 is 7.60 Å². The molecule has 0 aliphatic carbocycles. The summed E-state index contributed by atoms with van der Waals surface area (Å²) < 4.78 is 10.3. The Morgan fingerprint density at radius 1 is 1.18 bits per heavy atom. The number of aldehydes is 1. The summed E-state index contributed by atoms with van der Waals surface area (Å²) in [6.07, 6.45) is 3.18. The lowest BCUT2D eigenvalue weighted by Crippen LogP contribution is -1.88. The normalized spacial score (nSPS) is 11.5. The summed E-state index contributed by atoms with van der Waals surface area (Å²) in [6.45, 7) is 0. The third kappa shape index (κ3) is 9.82. The maximum Gasteiger partial charge on any atom is 0.325 e. The van der Waals surface area contributed by atoms with Gasteiger partial charge in [-0.25, -0.2) is 0 Å². The zero-order valence-corrected chi connectivity index (χ0v) is 7.17. The lowest BCUT2D eigenvalue weighted by molar-refractivity contribution is -0.107. The van der Waals surface area contributed by atoms with Crippen molar-refractivity contribution in [1.82, 2.24) is 0 Å². The highest BCUT2D eigenvalue weighted by Gasteiger charge is 2.10. The number of carbonyl (C=O) groups is 1. The highest BCUT2D eigenvalue weighted by molar-refractivity contribution is 7.51. The average molecular weight is 180 g/mol. The van der Waals surface area contributed by atoms with Crippen LogP contribution in [0.2, 0.25) is 0 Å². The SMILES string of the molecule is O=CCCCCCP(=O)(O)O. The minimum absolute atomic E-state index is 0.0636. The predicted molar refractivity (Wildman–Crippen MR) is 41.4 cm³/mol. The van der Waals surface area contributed by atoms with Crippen LogP contribution in [-0.2, 0) is 9.36 Å². The van der Waals surface area contributed by atoms with Gasteiger partial charge in [-0.05, 0) is 12.8 Å². The molecule has 0 rings (SSSR count). The van der Waals surface area contributed by atoms with Gasteiger partial charge in [0.15, 0.2) is 0 Å². The zero-order valence-electron chi connectivity index (χ0n) is 6.27. The minimum Gasteiger partial charge on any atom is -0.324 e. The van der Waals surface area contributed by atoms with Gasteiger partial charge in [0.05, 0.1) is 0 Å². The first-order valence-electron chi connectivity index (χ1n) is 3.54. The smallest absolute Gasteiger partial charge is 0.324 e. The van der Waals surface area contributed by atoms with Crippen LogP contribution in [-0.4, -0.2) is 22.2 Å². The van der Waals surface area contributed by atoms with Gasteiger partial charge in [0.2, 0.25) is 0 Å². The van der Waals surface area contributed by atoms with Gasteiger partial charge in [-0.1, -0.05) is 6.42 Å². The largest absolute Gasteiger partial charge is 0.325 e. The standard InChI is InChI=1S/C6H13O4P/c7-5-3-1-2-4-6-11(8,9)10/h5H,1-4,6H2,(H2,8,9,10). The van der Waals surface area contributed by atoms with E-state index in [1.54, 1.807) is 0 Å².